The third kappa shape index (κ3) is 4.99. The van der Waals surface area contributed by atoms with Crippen molar-refractivity contribution < 1.29 is 19.1 Å². The number of aliphatic hydroxyl groups is 1. The Morgan fingerprint density at radius 2 is 2.05 bits per heavy atom. The van der Waals surface area contributed by atoms with Crippen molar-refractivity contribution in [1.82, 2.24) is 9.88 Å². The molecular formula is C32H40N4O4. The van der Waals surface area contributed by atoms with Gasteiger partial charge in [-0.2, -0.15) is 0 Å². The van der Waals surface area contributed by atoms with E-state index in [1.54, 1.807) is 18.3 Å². The molecule has 0 radical (unpaired) electrons. The summed E-state index contributed by atoms with van der Waals surface area (Å²) in [6.45, 7) is 9.91. The predicted octanol–water partition coefficient (Wildman–Crippen LogP) is 4.72. The molecule has 2 N–H and O–H groups in total. The fourth-order valence-electron chi connectivity index (χ4n) is 7.02. The number of aryl methyl sites for hydroxylation is 1. The number of nitrogens with one attached hydrogen (secondary N) is 1. The van der Waals surface area contributed by atoms with Crippen LogP contribution in [0.2, 0.25) is 0 Å². The number of anilines is 2. The fourth-order valence-corrected chi connectivity index (χ4v) is 7.02. The molecule has 0 saturated carbocycles. The summed E-state index contributed by atoms with van der Waals surface area (Å²) < 4.78 is 10.9. The van der Waals surface area contributed by atoms with Crippen LogP contribution < -0.4 is 10.2 Å². The van der Waals surface area contributed by atoms with E-state index in [1.165, 1.54) is 23.9 Å². The molecule has 8 nitrogen and oxygen atoms in total. The number of benzene rings is 2. The number of likely N-dealkylation sites (tertiary alicyclic amines) is 1. The zero-order valence-electron chi connectivity index (χ0n) is 23.7. The minimum absolute atomic E-state index is 0.200. The maximum Gasteiger partial charge on any atom is 0.337 e. The number of aromatic nitrogens is 1. The summed E-state index contributed by atoms with van der Waals surface area (Å²) in [6.07, 6.45) is 4.30. The van der Waals surface area contributed by atoms with Crippen LogP contribution in [0.15, 0.2) is 53.1 Å². The number of hydrogen-bond donors (Lipinski definition) is 2. The van der Waals surface area contributed by atoms with Gasteiger partial charge in [-0.05, 0) is 73.9 Å². The van der Waals surface area contributed by atoms with Crippen LogP contribution in [-0.4, -0.2) is 73.4 Å². The predicted molar refractivity (Wildman–Crippen MR) is 156 cm³/mol. The third-order valence-corrected chi connectivity index (χ3v) is 9.52. The number of hydrogen-bond acceptors (Lipinski definition) is 8. The highest BCUT2D eigenvalue weighted by molar-refractivity contribution is 5.90. The van der Waals surface area contributed by atoms with Crippen LogP contribution in [0, 0.1) is 18.8 Å². The number of methoxy groups -OCH3 is 1. The smallest absolute Gasteiger partial charge is 0.337 e. The molecular weight excluding hydrogens is 504 g/mol. The first-order valence-corrected chi connectivity index (χ1v) is 14.5. The number of rotatable bonds is 6. The van der Waals surface area contributed by atoms with Crippen molar-refractivity contribution in [3.63, 3.8) is 0 Å². The van der Waals surface area contributed by atoms with Crippen LogP contribution in [0.25, 0.3) is 11.3 Å². The Morgan fingerprint density at radius 1 is 1.23 bits per heavy atom. The van der Waals surface area contributed by atoms with Gasteiger partial charge in [0.2, 0.25) is 0 Å². The van der Waals surface area contributed by atoms with Gasteiger partial charge >= 0.3 is 5.97 Å². The van der Waals surface area contributed by atoms with Crippen LogP contribution in [0.5, 0.6) is 0 Å². The zero-order valence-corrected chi connectivity index (χ0v) is 23.7. The number of aliphatic hydroxyl groups excluding tert-OH is 1. The number of nitrogens with zero attached hydrogens (tertiary/aromatic N) is 3. The van der Waals surface area contributed by atoms with E-state index in [0.717, 1.165) is 64.1 Å². The Balaban J connectivity index is 1.02. The lowest BCUT2D eigenvalue weighted by Gasteiger charge is -2.46. The molecule has 40 heavy (non-hydrogen) atoms. The number of piperidine rings is 2. The van der Waals surface area contributed by atoms with E-state index in [-0.39, 0.29) is 23.4 Å². The monoisotopic (exact) mass is 544 g/mol. The quantitative estimate of drug-likeness (QED) is 0.431. The molecule has 1 aromatic heterocycles. The zero-order chi connectivity index (χ0) is 27.9. The minimum atomic E-state index is -0.378. The van der Waals surface area contributed by atoms with Crippen LogP contribution >= 0.6 is 0 Å². The van der Waals surface area contributed by atoms with Gasteiger partial charge in [0, 0.05) is 49.4 Å². The van der Waals surface area contributed by atoms with Gasteiger partial charge in [0.1, 0.15) is 0 Å². The molecule has 1 unspecified atom stereocenters. The van der Waals surface area contributed by atoms with Crippen molar-refractivity contribution >= 4 is 17.7 Å². The highest BCUT2D eigenvalue weighted by Crippen LogP contribution is 2.47. The number of fused-ring (bicyclic) bond motifs is 2. The van der Waals surface area contributed by atoms with Gasteiger partial charge in [-0.3, -0.25) is 0 Å². The highest BCUT2D eigenvalue weighted by Gasteiger charge is 2.46. The van der Waals surface area contributed by atoms with Gasteiger partial charge in [0.05, 0.1) is 25.0 Å². The highest BCUT2D eigenvalue weighted by atomic mass is 16.5. The van der Waals surface area contributed by atoms with E-state index in [1.807, 2.05) is 12.1 Å². The first kappa shape index (κ1) is 26.8. The first-order valence-electron chi connectivity index (χ1n) is 14.5. The summed E-state index contributed by atoms with van der Waals surface area (Å²) in [5.74, 6) is 1.04. The molecule has 2 aromatic carbocycles. The topological polar surface area (TPSA) is 91.1 Å². The maximum absolute atomic E-state index is 11.9. The first-order chi connectivity index (χ1) is 19.4. The number of β-amino-alcohol motifs (C(OH)–C–C–N with tert-alkyl or cyclic N) is 1. The number of carbonyl (C=O) groups is 1. The SMILES string of the molecule is COC(=O)c1cccc(-c2cnc(N3CCC(C(O)CN4CC[C@@]5(CNc6cc(C)ccc65)[C@@H](C)C4)CC3)o2)c1. The molecule has 212 valence electrons. The molecule has 0 bridgehead atoms. The summed E-state index contributed by atoms with van der Waals surface area (Å²) in [5, 5.41) is 14.9. The van der Waals surface area contributed by atoms with Gasteiger partial charge in [0.15, 0.2) is 5.76 Å². The van der Waals surface area contributed by atoms with Crippen molar-refractivity contribution in [2.24, 2.45) is 11.8 Å². The van der Waals surface area contributed by atoms with Gasteiger partial charge in [-0.1, -0.05) is 31.2 Å². The lowest BCUT2D eigenvalue weighted by Crippen LogP contribution is -2.52. The maximum atomic E-state index is 11.9. The number of esters is 1. The Hall–Kier alpha value is -3.36. The molecule has 6 rings (SSSR count). The summed E-state index contributed by atoms with van der Waals surface area (Å²) in [5.41, 5.74) is 5.55. The van der Waals surface area contributed by atoms with Gasteiger partial charge < -0.3 is 29.4 Å². The van der Waals surface area contributed by atoms with Gasteiger partial charge in [0.25, 0.3) is 6.01 Å². The molecule has 0 aliphatic carbocycles. The lowest BCUT2D eigenvalue weighted by molar-refractivity contribution is 0.0242. The summed E-state index contributed by atoms with van der Waals surface area (Å²) in [7, 11) is 1.37. The van der Waals surface area contributed by atoms with Crippen LogP contribution in [0.4, 0.5) is 11.7 Å². The summed E-state index contributed by atoms with van der Waals surface area (Å²) in [4.78, 5) is 21.0. The molecule has 3 atom stereocenters. The molecule has 4 heterocycles. The van der Waals surface area contributed by atoms with E-state index < -0.39 is 0 Å². The molecule has 1 spiro atoms. The Morgan fingerprint density at radius 3 is 2.83 bits per heavy atom. The number of oxazole rings is 1. The lowest BCUT2D eigenvalue weighted by atomic mass is 9.67. The van der Waals surface area contributed by atoms with Crippen molar-refractivity contribution in [2.75, 3.05) is 56.6 Å². The fraction of sp³-hybridized carbons (Fsp3) is 0.500. The average molecular weight is 545 g/mol. The Kier molecular flexibility index (Phi) is 7.31. The molecule has 3 aliphatic rings. The Labute approximate surface area is 236 Å². The van der Waals surface area contributed by atoms with Crippen LogP contribution in [0.3, 0.4) is 0 Å². The number of ether oxygens (including phenoxy) is 1. The molecule has 3 aromatic rings. The minimum Gasteiger partial charge on any atom is -0.465 e. The van der Waals surface area contributed by atoms with E-state index >= 15 is 0 Å². The van der Waals surface area contributed by atoms with Gasteiger partial charge in [-0.25, -0.2) is 9.78 Å². The van der Waals surface area contributed by atoms with Gasteiger partial charge in [-0.15, -0.1) is 0 Å². The normalized spacial score (nSPS) is 24.1. The Bertz CT molecular complexity index is 1360. The van der Waals surface area contributed by atoms with Crippen LogP contribution in [0.1, 0.15) is 47.7 Å². The van der Waals surface area contributed by atoms with Crippen molar-refractivity contribution in [1.29, 1.82) is 0 Å². The standard InChI is InChI=1S/C32H40N4O4/c1-21-7-8-26-27(15-21)34-20-32(26)11-14-35(18-22(32)2)19-28(37)23-9-12-36(13-10-23)31-33-17-29(40-31)24-5-4-6-25(16-24)30(38)39-3/h4-8,15-17,22-23,28,34,37H,9-14,18-20H2,1-3H3/t22-,28?,32+/m0/s1. The third-order valence-electron chi connectivity index (χ3n) is 9.52. The van der Waals surface area contributed by atoms with E-state index in [4.69, 9.17) is 9.15 Å². The summed E-state index contributed by atoms with van der Waals surface area (Å²) in [6, 6.07) is 14.6. The largest absolute Gasteiger partial charge is 0.465 e. The van der Waals surface area contributed by atoms with Crippen molar-refractivity contribution in [3.8, 4) is 11.3 Å². The van der Waals surface area contributed by atoms with E-state index in [0.29, 0.717) is 23.3 Å². The second kappa shape index (κ2) is 10.9. The second-order valence-electron chi connectivity index (χ2n) is 11.9. The average Bonchev–Trinajstić information content (AvgIpc) is 3.61. The molecule has 2 saturated heterocycles. The molecule has 3 aliphatic heterocycles. The van der Waals surface area contributed by atoms with E-state index in [9.17, 15) is 9.90 Å². The molecule has 8 heteroatoms. The van der Waals surface area contributed by atoms with Crippen molar-refractivity contribution in [2.45, 2.75) is 44.6 Å². The van der Waals surface area contributed by atoms with Crippen LogP contribution in [-0.2, 0) is 10.2 Å². The summed E-state index contributed by atoms with van der Waals surface area (Å²) >= 11 is 0. The molecule has 0 amide bonds. The van der Waals surface area contributed by atoms with Crippen molar-refractivity contribution in [3.05, 3.63) is 65.4 Å². The second-order valence-corrected chi connectivity index (χ2v) is 11.9. The van der Waals surface area contributed by atoms with E-state index in [2.05, 4.69) is 52.1 Å². The molecule has 2 fully saturated rings. The number of carbonyl (C=O) groups excluding carboxylic acids is 1.